The summed E-state index contributed by atoms with van der Waals surface area (Å²) in [6.45, 7) is 9.29. The van der Waals surface area contributed by atoms with E-state index in [1.807, 2.05) is 18.7 Å². The van der Waals surface area contributed by atoms with Crippen molar-refractivity contribution in [2.75, 3.05) is 22.9 Å². The topological polar surface area (TPSA) is 74.8 Å². The van der Waals surface area contributed by atoms with Crippen LogP contribution in [-0.2, 0) is 18.6 Å². The molecule has 0 saturated heterocycles. The number of halogens is 1. The average Bonchev–Trinajstić information content (AvgIpc) is 2.40. The Morgan fingerprint density at radius 1 is 1.09 bits per heavy atom. The van der Waals surface area contributed by atoms with E-state index in [1.54, 1.807) is 13.0 Å². The van der Waals surface area contributed by atoms with Crippen LogP contribution in [0.25, 0.3) is 0 Å². The highest BCUT2D eigenvalue weighted by Crippen LogP contribution is 2.36. The minimum atomic E-state index is -4.14. The summed E-state index contributed by atoms with van der Waals surface area (Å²) in [4.78, 5) is 26.1. The number of aryl methyl sites for hydroxylation is 1. The lowest BCUT2D eigenvalue weighted by Crippen LogP contribution is -2.35. The van der Waals surface area contributed by atoms with Crippen molar-refractivity contribution in [2.45, 2.75) is 39.5 Å². The van der Waals surface area contributed by atoms with Crippen LogP contribution < -0.4 is 9.80 Å². The normalized spacial score (nSPS) is 11.2. The molecule has 0 radical (unpaired) electrons. The molecular formula is C15H21ClN2O4S. The molecule has 0 fully saturated rings. The molecule has 23 heavy (non-hydrogen) atoms. The van der Waals surface area contributed by atoms with E-state index >= 15 is 0 Å². The summed E-state index contributed by atoms with van der Waals surface area (Å²) < 4.78 is 24.0. The van der Waals surface area contributed by atoms with Crippen molar-refractivity contribution in [3.05, 3.63) is 17.7 Å². The maximum atomic E-state index is 12.0. The highest BCUT2D eigenvalue weighted by Gasteiger charge is 2.28. The van der Waals surface area contributed by atoms with Crippen LogP contribution in [0.2, 0.25) is 0 Å². The van der Waals surface area contributed by atoms with Crippen molar-refractivity contribution in [3.8, 4) is 0 Å². The Kier molecular flexibility index (Phi) is 6.18. The molecule has 0 heterocycles. The van der Waals surface area contributed by atoms with E-state index in [-0.39, 0.29) is 10.6 Å². The summed E-state index contributed by atoms with van der Waals surface area (Å²) in [7, 11) is 1.42. The summed E-state index contributed by atoms with van der Waals surface area (Å²) in [5.41, 5.74) is 1.16. The molecule has 1 rings (SSSR count). The lowest BCUT2D eigenvalue weighted by Gasteiger charge is -2.26. The van der Waals surface area contributed by atoms with E-state index in [0.29, 0.717) is 24.3 Å². The molecule has 1 aromatic rings. The van der Waals surface area contributed by atoms with Gasteiger partial charge >= 0.3 is 0 Å². The smallest absolute Gasteiger partial charge is 0.263 e. The van der Waals surface area contributed by atoms with E-state index in [1.165, 1.54) is 19.9 Å². The first-order chi connectivity index (χ1) is 10.5. The number of rotatable bonds is 5. The average molecular weight is 361 g/mol. The number of anilines is 2. The number of carbonyl (C=O) groups is 2. The molecule has 0 bridgehead atoms. The third kappa shape index (κ3) is 4.23. The fourth-order valence-electron chi connectivity index (χ4n) is 2.51. The summed E-state index contributed by atoms with van der Waals surface area (Å²) in [6, 6.07) is 3.14. The summed E-state index contributed by atoms with van der Waals surface area (Å²) in [5.74, 6) is -1.14. The van der Waals surface area contributed by atoms with Gasteiger partial charge in [-0.3, -0.25) is 9.59 Å². The van der Waals surface area contributed by atoms with Crippen LogP contribution in [0, 0.1) is 6.92 Å². The van der Waals surface area contributed by atoms with E-state index in [9.17, 15) is 18.0 Å². The van der Waals surface area contributed by atoms with Gasteiger partial charge in [0.2, 0.25) is 11.8 Å². The van der Waals surface area contributed by atoms with Gasteiger partial charge in [0, 0.05) is 43.3 Å². The van der Waals surface area contributed by atoms with E-state index < -0.39 is 20.9 Å². The molecule has 0 unspecified atom stereocenters. The lowest BCUT2D eigenvalue weighted by molar-refractivity contribution is -0.124. The first-order valence-corrected chi connectivity index (χ1v) is 9.51. The maximum Gasteiger partial charge on any atom is 0.263 e. The monoisotopic (exact) mass is 360 g/mol. The quantitative estimate of drug-likeness (QED) is 0.754. The number of hydrogen-bond acceptors (Lipinski definition) is 5. The van der Waals surface area contributed by atoms with Gasteiger partial charge in [-0.25, -0.2) is 13.3 Å². The second-order valence-electron chi connectivity index (χ2n) is 5.09. The highest BCUT2D eigenvalue weighted by atomic mass is 35.7. The molecule has 0 aromatic heterocycles. The SMILES string of the molecule is CCN(CC)c1cc(C)c(N(C(C)=O)C(C)=O)c(S(=O)(=O)Cl)c1. The summed E-state index contributed by atoms with van der Waals surface area (Å²) in [5, 5.41) is 0. The molecule has 0 saturated carbocycles. The Balaban J connectivity index is 3.78. The molecule has 0 N–H and O–H groups in total. The Morgan fingerprint density at radius 3 is 1.91 bits per heavy atom. The first kappa shape index (κ1) is 19.4. The number of benzene rings is 1. The second kappa shape index (κ2) is 7.31. The molecule has 1 aromatic carbocycles. The fourth-order valence-corrected chi connectivity index (χ4v) is 3.61. The molecule has 0 atom stereocenters. The number of carbonyl (C=O) groups excluding carboxylic acids is 2. The van der Waals surface area contributed by atoms with Crippen molar-refractivity contribution in [1.82, 2.24) is 0 Å². The lowest BCUT2D eigenvalue weighted by atomic mass is 10.1. The molecule has 0 aliphatic rings. The van der Waals surface area contributed by atoms with Gasteiger partial charge in [0.05, 0.1) is 5.69 Å². The van der Waals surface area contributed by atoms with E-state index in [4.69, 9.17) is 10.7 Å². The number of nitrogens with zero attached hydrogens (tertiary/aromatic N) is 2. The minimum absolute atomic E-state index is 0.0101. The third-order valence-corrected chi connectivity index (χ3v) is 4.83. The van der Waals surface area contributed by atoms with Gasteiger partial charge in [0.25, 0.3) is 9.05 Å². The highest BCUT2D eigenvalue weighted by molar-refractivity contribution is 8.13. The van der Waals surface area contributed by atoms with Crippen LogP contribution in [0.5, 0.6) is 0 Å². The van der Waals surface area contributed by atoms with Crippen molar-refractivity contribution < 1.29 is 18.0 Å². The molecular weight excluding hydrogens is 340 g/mol. The Morgan fingerprint density at radius 2 is 1.57 bits per heavy atom. The molecule has 128 valence electrons. The fraction of sp³-hybridized carbons (Fsp3) is 0.467. The van der Waals surface area contributed by atoms with Crippen LogP contribution in [0.1, 0.15) is 33.3 Å². The van der Waals surface area contributed by atoms with Gasteiger partial charge in [-0.15, -0.1) is 0 Å². The third-order valence-electron chi connectivity index (χ3n) is 3.49. The van der Waals surface area contributed by atoms with E-state index in [0.717, 1.165) is 4.90 Å². The minimum Gasteiger partial charge on any atom is -0.372 e. The Hall–Kier alpha value is -1.60. The Labute approximate surface area is 141 Å². The number of amides is 2. The van der Waals surface area contributed by atoms with Gasteiger partial charge in [0.1, 0.15) is 4.90 Å². The van der Waals surface area contributed by atoms with Gasteiger partial charge in [0.15, 0.2) is 0 Å². The van der Waals surface area contributed by atoms with Gasteiger partial charge < -0.3 is 4.90 Å². The van der Waals surface area contributed by atoms with Crippen LogP contribution in [-0.4, -0.2) is 33.3 Å². The van der Waals surface area contributed by atoms with Crippen molar-refractivity contribution >= 4 is 42.9 Å². The summed E-state index contributed by atoms with van der Waals surface area (Å²) >= 11 is 0. The maximum absolute atomic E-state index is 12.0. The second-order valence-corrected chi connectivity index (χ2v) is 7.63. The van der Waals surface area contributed by atoms with Gasteiger partial charge in [-0.05, 0) is 38.5 Å². The zero-order valence-electron chi connectivity index (χ0n) is 13.9. The van der Waals surface area contributed by atoms with Gasteiger partial charge in [-0.1, -0.05) is 0 Å². The molecule has 8 heteroatoms. The molecule has 2 amide bonds. The van der Waals surface area contributed by atoms with Crippen molar-refractivity contribution in [3.63, 3.8) is 0 Å². The van der Waals surface area contributed by atoms with Crippen LogP contribution in [0.4, 0.5) is 11.4 Å². The summed E-state index contributed by atoms with van der Waals surface area (Å²) in [6.07, 6.45) is 0. The van der Waals surface area contributed by atoms with Crippen LogP contribution in [0.3, 0.4) is 0 Å². The Bertz CT molecular complexity index is 713. The van der Waals surface area contributed by atoms with Gasteiger partial charge in [-0.2, -0.15) is 0 Å². The molecule has 0 aliphatic heterocycles. The van der Waals surface area contributed by atoms with E-state index in [2.05, 4.69) is 0 Å². The van der Waals surface area contributed by atoms with Crippen molar-refractivity contribution in [1.29, 1.82) is 0 Å². The molecule has 0 aliphatic carbocycles. The standard InChI is InChI=1S/C15H21ClN2O4S/c1-6-17(7-2)13-8-10(3)15(14(9-13)23(16,21)22)18(11(4)19)12(5)20/h8-9H,6-7H2,1-5H3. The largest absolute Gasteiger partial charge is 0.372 e. The van der Waals surface area contributed by atoms with Crippen LogP contribution in [0.15, 0.2) is 17.0 Å². The van der Waals surface area contributed by atoms with Crippen molar-refractivity contribution in [2.24, 2.45) is 0 Å². The molecule has 6 nitrogen and oxygen atoms in total. The zero-order valence-corrected chi connectivity index (χ0v) is 15.5. The first-order valence-electron chi connectivity index (χ1n) is 7.20. The number of imide groups is 1. The molecule has 0 spiro atoms. The zero-order chi connectivity index (χ0) is 17.9. The van der Waals surface area contributed by atoms with Crippen LogP contribution >= 0.6 is 10.7 Å². The predicted molar refractivity (Wildman–Crippen MR) is 91.6 cm³/mol. The number of hydrogen-bond donors (Lipinski definition) is 0. The predicted octanol–water partition coefficient (Wildman–Crippen LogP) is 2.67.